The minimum Gasteiger partial charge on any atom is -0.247 e. The molecule has 2 rings (SSSR count). The van der Waals surface area contributed by atoms with Gasteiger partial charge in [0.15, 0.2) is 0 Å². The first-order valence-electron chi connectivity index (χ1n) is 4.56. The number of hydrogen-bond donors (Lipinski definition) is 0. The van der Waals surface area contributed by atoms with Gasteiger partial charge in [0.05, 0.1) is 0 Å². The fourth-order valence-corrected chi connectivity index (χ4v) is 1.88. The van der Waals surface area contributed by atoms with Gasteiger partial charge in [0.2, 0.25) is 0 Å². The van der Waals surface area contributed by atoms with Gasteiger partial charge in [-0.3, -0.25) is 0 Å². The Morgan fingerprint density at radius 3 is 2.38 bits per heavy atom. The van der Waals surface area contributed by atoms with Crippen LogP contribution in [-0.2, 0) is 5.41 Å². The van der Waals surface area contributed by atoms with E-state index in [9.17, 15) is 8.78 Å². The van der Waals surface area contributed by atoms with Crippen molar-refractivity contribution in [2.45, 2.75) is 31.4 Å². The summed E-state index contributed by atoms with van der Waals surface area (Å²) in [6.45, 7) is 1.51. The average molecular weight is 182 g/mol. The third kappa shape index (κ3) is 1.25. The molecule has 1 aromatic carbocycles. The molecule has 1 aliphatic carbocycles. The lowest BCUT2D eigenvalue weighted by Gasteiger charge is -2.17. The van der Waals surface area contributed by atoms with E-state index in [1.165, 1.54) is 13.0 Å². The van der Waals surface area contributed by atoms with Gasteiger partial charge in [-0.1, -0.05) is 18.2 Å². The number of benzene rings is 1. The molecule has 1 fully saturated rings. The van der Waals surface area contributed by atoms with E-state index in [0.29, 0.717) is 5.56 Å². The zero-order valence-corrected chi connectivity index (χ0v) is 7.56. The zero-order valence-electron chi connectivity index (χ0n) is 7.56. The minimum atomic E-state index is -0.954. The lowest BCUT2D eigenvalue weighted by Crippen LogP contribution is -2.19. The van der Waals surface area contributed by atoms with Gasteiger partial charge < -0.3 is 0 Å². The Morgan fingerprint density at radius 2 is 1.92 bits per heavy atom. The van der Waals surface area contributed by atoms with E-state index >= 15 is 0 Å². The van der Waals surface area contributed by atoms with Gasteiger partial charge in [0.1, 0.15) is 12.0 Å². The highest BCUT2D eigenvalue weighted by Gasteiger charge is 2.50. The topological polar surface area (TPSA) is 0 Å². The fraction of sp³-hybridized carbons (Fsp3) is 0.455. The van der Waals surface area contributed by atoms with Crippen molar-refractivity contribution in [2.24, 2.45) is 0 Å². The second-order valence-corrected chi connectivity index (χ2v) is 3.75. The van der Waals surface area contributed by atoms with Gasteiger partial charge in [0, 0.05) is 5.41 Å². The van der Waals surface area contributed by atoms with Crippen LogP contribution in [0.15, 0.2) is 24.3 Å². The molecule has 13 heavy (non-hydrogen) atoms. The number of hydrogen-bond acceptors (Lipinski definition) is 0. The second-order valence-electron chi connectivity index (χ2n) is 3.75. The quantitative estimate of drug-likeness (QED) is 0.658. The molecule has 2 heteroatoms. The summed E-state index contributed by atoms with van der Waals surface area (Å²) in [5.74, 6) is -0.274. The summed E-state index contributed by atoms with van der Waals surface area (Å²) < 4.78 is 26.6. The van der Waals surface area contributed by atoms with Gasteiger partial charge in [-0.25, -0.2) is 8.78 Å². The van der Waals surface area contributed by atoms with Crippen LogP contribution in [0.5, 0.6) is 0 Å². The third-order valence-corrected chi connectivity index (χ3v) is 2.96. The van der Waals surface area contributed by atoms with E-state index in [-0.39, 0.29) is 5.82 Å². The number of halogens is 2. The highest BCUT2D eigenvalue weighted by molar-refractivity contribution is 5.34. The van der Waals surface area contributed by atoms with Crippen LogP contribution in [0, 0.1) is 5.82 Å². The maximum atomic E-state index is 13.3. The van der Waals surface area contributed by atoms with Crippen LogP contribution in [0.1, 0.15) is 25.3 Å². The Morgan fingerprint density at radius 1 is 1.31 bits per heavy atom. The Balaban J connectivity index is 2.41. The zero-order chi connectivity index (χ0) is 9.47. The van der Waals surface area contributed by atoms with Crippen molar-refractivity contribution in [1.29, 1.82) is 0 Å². The second kappa shape index (κ2) is 2.79. The summed E-state index contributed by atoms with van der Waals surface area (Å²) in [7, 11) is 0. The first-order valence-corrected chi connectivity index (χ1v) is 4.56. The molecule has 1 saturated carbocycles. The highest BCUT2D eigenvalue weighted by atomic mass is 19.1. The maximum Gasteiger partial charge on any atom is 0.127 e. The minimum absolute atomic E-state index is 0.274. The largest absolute Gasteiger partial charge is 0.247 e. The van der Waals surface area contributed by atoms with Gasteiger partial charge in [-0.05, 0) is 31.4 Å². The normalized spacial score (nSPS) is 21.2. The molecule has 0 N–H and O–H groups in total. The summed E-state index contributed by atoms with van der Waals surface area (Å²) in [4.78, 5) is 0. The monoisotopic (exact) mass is 182 g/mol. The molecule has 0 heterocycles. The van der Waals surface area contributed by atoms with Crippen LogP contribution in [0.3, 0.4) is 0 Å². The summed E-state index contributed by atoms with van der Waals surface area (Å²) in [5.41, 5.74) is 0.0377. The third-order valence-electron chi connectivity index (χ3n) is 2.96. The lowest BCUT2D eigenvalue weighted by molar-refractivity contribution is 0.285. The van der Waals surface area contributed by atoms with Crippen molar-refractivity contribution < 1.29 is 8.78 Å². The van der Waals surface area contributed by atoms with Crippen molar-refractivity contribution in [3.8, 4) is 0 Å². The van der Waals surface area contributed by atoms with E-state index in [1.54, 1.807) is 18.2 Å². The molecule has 0 saturated heterocycles. The molecular formula is C11H12F2. The molecule has 1 aliphatic rings. The van der Waals surface area contributed by atoms with E-state index in [1.807, 2.05) is 0 Å². The predicted molar refractivity (Wildman–Crippen MR) is 47.9 cm³/mol. The van der Waals surface area contributed by atoms with Gasteiger partial charge in [0.25, 0.3) is 0 Å². The van der Waals surface area contributed by atoms with Crippen LogP contribution in [0.2, 0.25) is 0 Å². The van der Waals surface area contributed by atoms with Gasteiger partial charge in [-0.15, -0.1) is 0 Å². The predicted octanol–water partition coefficient (Wildman–Crippen LogP) is 3.22. The first kappa shape index (κ1) is 8.67. The molecule has 0 aromatic heterocycles. The molecule has 0 bridgehead atoms. The summed E-state index contributed by atoms with van der Waals surface area (Å²) in [5, 5.41) is 0. The number of rotatable bonds is 2. The van der Waals surface area contributed by atoms with Gasteiger partial charge in [-0.2, -0.15) is 0 Å². The van der Waals surface area contributed by atoms with Crippen molar-refractivity contribution in [3.63, 3.8) is 0 Å². The Kier molecular flexibility index (Phi) is 1.86. The Hall–Kier alpha value is -0.920. The molecule has 0 spiro atoms. The van der Waals surface area contributed by atoms with E-state index in [0.717, 1.165) is 12.8 Å². The molecule has 70 valence electrons. The Labute approximate surface area is 76.6 Å². The first-order chi connectivity index (χ1) is 6.17. The molecule has 0 nitrogen and oxygen atoms in total. The van der Waals surface area contributed by atoms with Crippen LogP contribution in [-0.4, -0.2) is 6.17 Å². The summed E-state index contributed by atoms with van der Waals surface area (Å²) >= 11 is 0. The SMILES string of the molecule is CC(F)C1(c2ccccc2F)CC1. The Bertz CT molecular complexity index is 314. The smallest absolute Gasteiger partial charge is 0.127 e. The van der Waals surface area contributed by atoms with Crippen molar-refractivity contribution in [2.75, 3.05) is 0 Å². The maximum absolute atomic E-state index is 13.3. The standard InChI is InChI=1S/C11H12F2/c1-8(12)11(6-7-11)9-4-2-3-5-10(9)13/h2-5,8H,6-7H2,1H3. The van der Waals surface area contributed by atoms with Crippen LogP contribution in [0.4, 0.5) is 8.78 Å². The van der Waals surface area contributed by atoms with Gasteiger partial charge >= 0.3 is 0 Å². The molecule has 0 radical (unpaired) electrons. The molecule has 1 unspecified atom stereocenters. The van der Waals surface area contributed by atoms with Crippen LogP contribution in [0.25, 0.3) is 0 Å². The van der Waals surface area contributed by atoms with Crippen molar-refractivity contribution in [1.82, 2.24) is 0 Å². The average Bonchev–Trinajstić information content (AvgIpc) is 2.85. The molecule has 0 aliphatic heterocycles. The lowest BCUT2D eigenvalue weighted by atomic mass is 9.91. The summed E-state index contributed by atoms with van der Waals surface area (Å²) in [6.07, 6.45) is 0.585. The fourth-order valence-electron chi connectivity index (χ4n) is 1.88. The van der Waals surface area contributed by atoms with E-state index < -0.39 is 11.6 Å². The molecule has 1 atom stereocenters. The van der Waals surface area contributed by atoms with Crippen LogP contribution >= 0.6 is 0 Å². The van der Waals surface area contributed by atoms with Crippen molar-refractivity contribution >= 4 is 0 Å². The number of alkyl halides is 1. The van der Waals surface area contributed by atoms with Crippen LogP contribution < -0.4 is 0 Å². The molecular weight excluding hydrogens is 170 g/mol. The van der Waals surface area contributed by atoms with E-state index in [2.05, 4.69) is 0 Å². The van der Waals surface area contributed by atoms with E-state index in [4.69, 9.17) is 0 Å². The molecule has 1 aromatic rings. The summed E-state index contributed by atoms with van der Waals surface area (Å²) in [6, 6.07) is 6.49. The van der Waals surface area contributed by atoms with Crippen molar-refractivity contribution in [3.05, 3.63) is 35.6 Å². The molecule has 0 amide bonds. The highest BCUT2D eigenvalue weighted by Crippen LogP contribution is 2.52.